The summed E-state index contributed by atoms with van der Waals surface area (Å²) < 4.78 is 7.36. The molecule has 0 spiro atoms. The second-order valence-corrected chi connectivity index (χ2v) is 9.64. The Morgan fingerprint density at radius 1 is 0.947 bits per heavy atom. The second kappa shape index (κ2) is 11.0. The number of para-hydroxylation sites is 1. The molecule has 0 fully saturated rings. The summed E-state index contributed by atoms with van der Waals surface area (Å²) in [5.74, 6) is -0.906. The van der Waals surface area contributed by atoms with E-state index in [1.54, 1.807) is 18.2 Å². The van der Waals surface area contributed by atoms with Gasteiger partial charge in [-0.05, 0) is 47.7 Å². The molecule has 5 rings (SSSR count). The summed E-state index contributed by atoms with van der Waals surface area (Å²) in [5.41, 5.74) is 2.36. The van der Waals surface area contributed by atoms with E-state index >= 15 is 0 Å². The molecule has 190 valence electrons. The number of esters is 1. The summed E-state index contributed by atoms with van der Waals surface area (Å²) in [6.07, 6.45) is 0.416. The van der Waals surface area contributed by atoms with Crippen molar-refractivity contribution in [2.45, 2.75) is 13.0 Å². The summed E-state index contributed by atoms with van der Waals surface area (Å²) in [6.45, 7) is 0.500. The number of aromatic nitrogens is 2. The predicted molar refractivity (Wildman–Crippen MR) is 151 cm³/mol. The van der Waals surface area contributed by atoms with Crippen LogP contribution < -0.4 is 10.9 Å². The minimum atomic E-state index is -0.604. The lowest BCUT2D eigenvalue weighted by Crippen LogP contribution is -2.31. The van der Waals surface area contributed by atoms with Crippen molar-refractivity contribution in [3.63, 3.8) is 0 Å². The van der Waals surface area contributed by atoms with Crippen molar-refractivity contribution in [1.29, 1.82) is 0 Å². The molecule has 0 saturated carbocycles. The highest BCUT2D eigenvalue weighted by atomic mass is 79.9. The average molecular weight is 570 g/mol. The van der Waals surface area contributed by atoms with Crippen molar-refractivity contribution < 1.29 is 14.3 Å². The maximum absolute atomic E-state index is 13.6. The Morgan fingerprint density at radius 3 is 2.50 bits per heavy atom. The van der Waals surface area contributed by atoms with E-state index in [0.717, 1.165) is 20.9 Å². The van der Waals surface area contributed by atoms with Gasteiger partial charge in [0.05, 0.1) is 12.6 Å². The van der Waals surface area contributed by atoms with Crippen LogP contribution >= 0.6 is 15.9 Å². The van der Waals surface area contributed by atoms with Crippen molar-refractivity contribution >= 4 is 49.5 Å². The fraction of sp³-hybridized carbons (Fsp3) is 0.133. The Kier molecular flexibility index (Phi) is 7.33. The van der Waals surface area contributed by atoms with Crippen molar-refractivity contribution in [2.75, 3.05) is 13.7 Å². The Bertz CT molecular complexity index is 1730. The lowest BCUT2D eigenvalue weighted by molar-refractivity contribution is 0.0587. The molecule has 2 heterocycles. The van der Waals surface area contributed by atoms with E-state index < -0.39 is 5.97 Å². The van der Waals surface area contributed by atoms with Gasteiger partial charge in [-0.25, -0.2) is 9.78 Å². The lowest BCUT2D eigenvalue weighted by atomic mass is 9.96. The Labute approximate surface area is 227 Å². The van der Waals surface area contributed by atoms with E-state index in [2.05, 4.69) is 26.2 Å². The minimum Gasteiger partial charge on any atom is -0.464 e. The fourth-order valence-electron chi connectivity index (χ4n) is 4.56. The minimum absolute atomic E-state index is 0.178. The number of halogens is 1. The zero-order valence-corrected chi connectivity index (χ0v) is 22.2. The molecule has 0 radical (unpaired) electrons. The van der Waals surface area contributed by atoms with Gasteiger partial charge in [0.25, 0.3) is 11.5 Å². The summed E-state index contributed by atoms with van der Waals surface area (Å²) in [4.78, 5) is 43.8. The quantitative estimate of drug-likeness (QED) is 0.204. The van der Waals surface area contributed by atoms with E-state index in [9.17, 15) is 14.4 Å². The molecule has 0 atom stereocenters. The topological polar surface area (TPSA) is 90.3 Å². The first-order valence-electron chi connectivity index (χ1n) is 12.1. The van der Waals surface area contributed by atoms with Gasteiger partial charge in [-0.15, -0.1) is 0 Å². The second-order valence-electron chi connectivity index (χ2n) is 8.73. The average Bonchev–Trinajstić information content (AvgIpc) is 2.95. The van der Waals surface area contributed by atoms with Gasteiger partial charge in [0, 0.05) is 33.9 Å². The van der Waals surface area contributed by atoms with Gasteiger partial charge in [0.1, 0.15) is 11.4 Å². The maximum Gasteiger partial charge on any atom is 0.355 e. The largest absolute Gasteiger partial charge is 0.464 e. The van der Waals surface area contributed by atoms with Crippen LogP contribution in [0.1, 0.15) is 27.4 Å². The van der Waals surface area contributed by atoms with Crippen LogP contribution in [0.15, 0.2) is 94.2 Å². The molecule has 1 amide bonds. The number of benzene rings is 3. The van der Waals surface area contributed by atoms with Crippen LogP contribution in [0, 0.1) is 0 Å². The summed E-state index contributed by atoms with van der Waals surface area (Å²) in [7, 11) is 1.30. The number of hydrogen-bond donors (Lipinski definition) is 1. The predicted octanol–water partition coefficient (Wildman–Crippen LogP) is 5.59. The molecule has 0 unspecified atom stereocenters. The van der Waals surface area contributed by atoms with Crippen molar-refractivity contribution in [3.05, 3.63) is 111 Å². The molecule has 3 aromatic carbocycles. The number of ether oxygens (including phenoxy) is 1. The first-order chi connectivity index (χ1) is 18.5. The number of nitrogens with zero attached hydrogens (tertiary/aromatic N) is 2. The molecule has 5 aromatic rings. The smallest absolute Gasteiger partial charge is 0.355 e. The zero-order chi connectivity index (χ0) is 26.6. The van der Waals surface area contributed by atoms with E-state index in [-0.39, 0.29) is 23.7 Å². The molecule has 0 saturated heterocycles. The summed E-state index contributed by atoms with van der Waals surface area (Å²) in [5, 5.41) is 4.97. The van der Waals surface area contributed by atoms with Gasteiger partial charge in [-0.3, -0.25) is 9.59 Å². The van der Waals surface area contributed by atoms with Crippen LogP contribution in [0.25, 0.3) is 32.8 Å². The van der Waals surface area contributed by atoms with Gasteiger partial charge < -0.3 is 14.6 Å². The number of nitrogens with one attached hydrogen (secondary N) is 1. The molecule has 1 N–H and O–H groups in total. The number of carbonyl (C=O) groups excluding carboxylic acids is 2. The van der Waals surface area contributed by atoms with Crippen LogP contribution in [-0.2, 0) is 11.3 Å². The number of pyridine rings is 2. The summed E-state index contributed by atoms with van der Waals surface area (Å²) >= 11 is 3.49. The number of amides is 1. The number of rotatable bonds is 7. The molecule has 0 aliphatic rings. The van der Waals surface area contributed by atoms with E-state index in [4.69, 9.17) is 4.74 Å². The molecule has 7 nitrogen and oxygen atoms in total. The molecule has 0 aliphatic heterocycles. The highest BCUT2D eigenvalue weighted by Crippen LogP contribution is 2.33. The highest BCUT2D eigenvalue weighted by Gasteiger charge is 2.24. The van der Waals surface area contributed by atoms with Gasteiger partial charge >= 0.3 is 5.97 Å². The van der Waals surface area contributed by atoms with Gasteiger partial charge in [0.15, 0.2) is 0 Å². The van der Waals surface area contributed by atoms with Crippen LogP contribution in [0.3, 0.4) is 0 Å². The SMILES string of the molecule is COC(=O)c1c(-c2ccccc2)c2cc(Br)ccc2c(=O)n1CCCNC(=O)c1ccc2ccccc2n1. The summed E-state index contributed by atoms with van der Waals surface area (Å²) in [6, 6.07) is 26.0. The third-order valence-corrected chi connectivity index (χ3v) is 6.84. The molecule has 2 aromatic heterocycles. The van der Waals surface area contributed by atoms with Crippen molar-refractivity contribution in [3.8, 4) is 11.1 Å². The van der Waals surface area contributed by atoms with Crippen molar-refractivity contribution in [2.24, 2.45) is 0 Å². The monoisotopic (exact) mass is 569 g/mol. The van der Waals surface area contributed by atoms with Crippen molar-refractivity contribution in [1.82, 2.24) is 14.9 Å². The molecule has 0 bridgehead atoms. The van der Waals surface area contributed by atoms with Crippen LogP contribution in [0.4, 0.5) is 0 Å². The highest BCUT2D eigenvalue weighted by molar-refractivity contribution is 9.10. The normalized spacial score (nSPS) is 11.0. The van der Waals surface area contributed by atoms with Gasteiger partial charge in [-0.1, -0.05) is 70.5 Å². The lowest BCUT2D eigenvalue weighted by Gasteiger charge is -2.19. The van der Waals surface area contributed by atoms with Crippen LogP contribution in [0.2, 0.25) is 0 Å². The first-order valence-corrected chi connectivity index (χ1v) is 12.9. The van der Waals surface area contributed by atoms with Gasteiger partial charge in [-0.2, -0.15) is 0 Å². The third-order valence-electron chi connectivity index (χ3n) is 6.35. The molecule has 8 heteroatoms. The molecule has 0 aliphatic carbocycles. The Hall–Kier alpha value is -4.30. The third kappa shape index (κ3) is 4.95. The van der Waals surface area contributed by atoms with E-state index in [1.165, 1.54) is 11.7 Å². The number of hydrogen-bond acceptors (Lipinski definition) is 5. The standard InChI is InChI=1S/C30H24BrN3O4/c1-38-30(37)27-26(20-9-3-2-4-10-20)23-18-21(31)13-14-22(23)29(36)34(27)17-7-16-32-28(35)25-15-12-19-8-5-6-11-24(19)33-25/h2-6,8-15,18H,7,16-17H2,1H3,(H,32,35). The van der Waals surface area contributed by atoms with Crippen LogP contribution in [-0.4, -0.2) is 35.1 Å². The molecule has 38 heavy (non-hydrogen) atoms. The van der Waals surface area contributed by atoms with Crippen LogP contribution in [0.5, 0.6) is 0 Å². The Morgan fingerprint density at radius 2 is 1.71 bits per heavy atom. The first kappa shape index (κ1) is 25.4. The van der Waals surface area contributed by atoms with Gasteiger partial charge in [0.2, 0.25) is 0 Å². The Balaban J connectivity index is 1.46. The molecular weight excluding hydrogens is 546 g/mol. The number of fused-ring (bicyclic) bond motifs is 2. The number of carbonyl (C=O) groups is 2. The van der Waals surface area contributed by atoms with E-state index in [1.807, 2.05) is 66.7 Å². The zero-order valence-electron chi connectivity index (χ0n) is 20.6. The van der Waals surface area contributed by atoms with E-state index in [0.29, 0.717) is 35.0 Å². The number of methoxy groups -OCH3 is 1. The maximum atomic E-state index is 13.6. The molecular formula is C30H24BrN3O4. The fourth-order valence-corrected chi connectivity index (χ4v) is 4.92.